The van der Waals surface area contributed by atoms with Gasteiger partial charge < -0.3 is 0 Å². The maximum atomic E-state index is 12.1. The van der Waals surface area contributed by atoms with Gasteiger partial charge >= 0.3 is 5.16 Å². The van der Waals surface area contributed by atoms with Gasteiger partial charge in [-0.25, -0.2) is 15.4 Å². The largest absolute Gasteiger partial charge is 0.315 e. The van der Waals surface area contributed by atoms with E-state index in [1.807, 2.05) is 24.3 Å². The molecule has 0 aliphatic rings. The number of fused-ring (bicyclic) bond motifs is 1. The second-order valence-electron chi connectivity index (χ2n) is 5.47. The summed E-state index contributed by atoms with van der Waals surface area (Å²) in [6.45, 7) is 1.78. The Balaban J connectivity index is 1.55. The number of nitrogens with zero attached hydrogens (tertiary/aromatic N) is 2. The summed E-state index contributed by atoms with van der Waals surface area (Å²) >= 11 is 1.36. The molecule has 132 valence electrons. The molecule has 1 aromatic heterocycles. The lowest BCUT2D eigenvalue weighted by atomic mass is 10.2. The molecular weight excluding hydrogens is 354 g/mol. The molecule has 0 fully saturated rings. The van der Waals surface area contributed by atoms with Crippen molar-refractivity contribution < 1.29 is 14.7 Å². The van der Waals surface area contributed by atoms with E-state index >= 15 is 0 Å². The highest BCUT2D eigenvalue weighted by molar-refractivity contribution is 8.00. The Bertz CT molecular complexity index is 935. The number of non-ortho nitro benzene ring substituents is 1. The van der Waals surface area contributed by atoms with Gasteiger partial charge in [0, 0.05) is 12.1 Å². The smallest absolute Gasteiger partial charge is 0.272 e. The van der Waals surface area contributed by atoms with Gasteiger partial charge in [0.25, 0.3) is 11.6 Å². The molecule has 3 aromatic rings. The second-order valence-corrected chi connectivity index (χ2v) is 6.82. The predicted octanol–water partition coefficient (Wildman–Crippen LogP) is 2.52. The number of hydrogen-bond acceptors (Lipinski definition) is 5. The molecule has 2 aromatic carbocycles. The lowest BCUT2D eigenvalue weighted by molar-refractivity contribution is -0.396. The number of aromatic amines is 2. The fourth-order valence-electron chi connectivity index (χ4n) is 2.21. The van der Waals surface area contributed by atoms with Crippen LogP contribution in [0, 0.1) is 10.1 Å². The van der Waals surface area contributed by atoms with Crippen LogP contribution in [0.1, 0.15) is 12.5 Å². The van der Waals surface area contributed by atoms with Crippen LogP contribution < -0.4 is 10.4 Å². The molecule has 3 rings (SSSR count). The first-order valence-electron chi connectivity index (χ1n) is 7.77. The van der Waals surface area contributed by atoms with Crippen molar-refractivity contribution in [3.05, 3.63) is 64.2 Å². The molecule has 0 saturated heterocycles. The molecule has 26 heavy (non-hydrogen) atoms. The Kier molecular flexibility index (Phi) is 5.28. The Labute approximate surface area is 152 Å². The number of benzene rings is 2. The first-order chi connectivity index (χ1) is 12.5. The molecule has 1 amide bonds. The highest BCUT2D eigenvalue weighted by atomic mass is 32.2. The van der Waals surface area contributed by atoms with Gasteiger partial charge in [-0.2, -0.15) is 5.10 Å². The number of amides is 1. The average molecular weight is 370 g/mol. The van der Waals surface area contributed by atoms with Crippen LogP contribution in [0.25, 0.3) is 11.0 Å². The fraction of sp³-hybridized carbons (Fsp3) is 0.118. The van der Waals surface area contributed by atoms with Gasteiger partial charge in [-0.1, -0.05) is 12.1 Å². The predicted molar refractivity (Wildman–Crippen MR) is 99.0 cm³/mol. The monoisotopic (exact) mass is 370 g/mol. The minimum atomic E-state index is -0.470. The van der Waals surface area contributed by atoms with Crippen LogP contribution in [0.15, 0.2) is 58.8 Å². The van der Waals surface area contributed by atoms with E-state index < -0.39 is 4.92 Å². The van der Waals surface area contributed by atoms with Crippen molar-refractivity contribution in [2.24, 2.45) is 5.10 Å². The Hall–Kier alpha value is -3.20. The number of rotatable bonds is 6. The first kappa shape index (κ1) is 17.6. The van der Waals surface area contributed by atoms with Gasteiger partial charge in [-0.3, -0.25) is 14.9 Å². The first-order valence-corrected chi connectivity index (χ1v) is 8.65. The Morgan fingerprint density at radius 1 is 1.31 bits per heavy atom. The van der Waals surface area contributed by atoms with Crippen LogP contribution in [-0.2, 0) is 4.79 Å². The van der Waals surface area contributed by atoms with Gasteiger partial charge in [-0.15, -0.1) is 0 Å². The molecule has 0 spiro atoms. The maximum absolute atomic E-state index is 12.1. The molecule has 0 bridgehead atoms. The molecule has 8 nitrogen and oxygen atoms in total. The van der Waals surface area contributed by atoms with Crippen LogP contribution in [0.4, 0.5) is 5.69 Å². The standard InChI is InChI=1S/C17H15N5O3S/c1-11(26-17-19-14-4-2-3-5-15(14)20-17)16(23)21-18-10-12-6-8-13(9-7-12)22(24)25/h2-11H,1H3,(H,19,20)(H,21,23)/p+1. The van der Waals surface area contributed by atoms with Crippen LogP contribution >= 0.6 is 11.8 Å². The summed E-state index contributed by atoms with van der Waals surface area (Å²) in [5.41, 5.74) is 5.07. The molecular formula is C17H16N5O3S+. The number of aromatic nitrogens is 2. The Morgan fingerprint density at radius 3 is 2.73 bits per heavy atom. The second kappa shape index (κ2) is 7.79. The van der Waals surface area contributed by atoms with Crippen molar-refractivity contribution in [2.75, 3.05) is 0 Å². The number of thioether (sulfide) groups is 1. The molecule has 0 radical (unpaired) electrons. The van der Waals surface area contributed by atoms with Crippen molar-refractivity contribution in [1.82, 2.24) is 10.4 Å². The highest BCUT2D eigenvalue weighted by Gasteiger charge is 2.19. The summed E-state index contributed by atoms with van der Waals surface area (Å²) < 4.78 is 0. The van der Waals surface area contributed by atoms with Crippen LogP contribution in [0.3, 0.4) is 0 Å². The molecule has 9 heteroatoms. The van der Waals surface area contributed by atoms with Gasteiger partial charge in [0.2, 0.25) is 0 Å². The van der Waals surface area contributed by atoms with Crippen molar-refractivity contribution in [1.29, 1.82) is 0 Å². The molecule has 0 aliphatic heterocycles. The minimum Gasteiger partial charge on any atom is -0.272 e. The van der Waals surface area contributed by atoms with Gasteiger partial charge in [0.15, 0.2) is 11.0 Å². The Morgan fingerprint density at radius 2 is 2.04 bits per heavy atom. The highest BCUT2D eigenvalue weighted by Crippen LogP contribution is 2.20. The number of imidazole rings is 1. The number of nitro benzene ring substituents is 1. The van der Waals surface area contributed by atoms with Gasteiger partial charge in [0.05, 0.1) is 16.4 Å². The SMILES string of the molecule is CC(Sc1[nH]c2ccccc2[nH+]1)C(=O)NN=Cc1ccc([N+](=O)[O-])cc1. The van der Waals surface area contributed by atoms with Crippen molar-refractivity contribution in [3.63, 3.8) is 0 Å². The molecule has 0 aliphatic carbocycles. The number of hydrazone groups is 1. The number of para-hydroxylation sites is 2. The fourth-order valence-corrected chi connectivity index (χ4v) is 3.06. The van der Waals surface area contributed by atoms with E-state index in [2.05, 4.69) is 20.5 Å². The van der Waals surface area contributed by atoms with Crippen LogP contribution in [0.2, 0.25) is 0 Å². The van der Waals surface area contributed by atoms with E-state index in [0.29, 0.717) is 5.56 Å². The quantitative estimate of drug-likeness (QED) is 0.300. The minimum absolute atomic E-state index is 0.00536. The van der Waals surface area contributed by atoms with Crippen molar-refractivity contribution in [2.45, 2.75) is 17.3 Å². The third-order valence-electron chi connectivity index (χ3n) is 3.58. The number of carbonyl (C=O) groups is 1. The zero-order valence-corrected chi connectivity index (χ0v) is 14.6. The zero-order chi connectivity index (χ0) is 18.5. The van der Waals surface area contributed by atoms with Crippen LogP contribution in [-0.4, -0.2) is 27.3 Å². The molecule has 1 unspecified atom stereocenters. The molecule has 1 heterocycles. The lowest BCUT2D eigenvalue weighted by Crippen LogP contribution is -2.27. The van der Waals surface area contributed by atoms with E-state index in [1.54, 1.807) is 19.1 Å². The summed E-state index contributed by atoms with van der Waals surface area (Å²) in [4.78, 5) is 28.7. The normalized spacial score (nSPS) is 12.3. The van der Waals surface area contributed by atoms with E-state index in [0.717, 1.165) is 16.2 Å². The summed E-state index contributed by atoms with van der Waals surface area (Å²) in [6, 6.07) is 13.7. The van der Waals surface area contributed by atoms with E-state index in [4.69, 9.17) is 0 Å². The number of H-pyrrole nitrogens is 2. The topological polar surface area (TPSA) is 115 Å². The zero-order valence-electron chi connectivity index (χ0n) is 13.8. The van der Waals surface area contributed by atoms with Crippen molar-refractivity contribution in [3.8, 4) is 0 Å². The summed E-state index contributed by atoms with van der Waals surface area (Å²) in [5, 5.41) is 14.9. The van der Waals surface area contributed by atoms with E-state index in [9.17, 15) is 14.9 Å². The number of nitro groups is 1. The summed E-state index contributed by atoms with van der Waals surface area (Å²) in [7, 11) is 0. The van der Waals surface area contributed by atoms with Crippen LogP contribution in [0.5, 0.6) is 0 Å². The number of hydrogen-bond donors (Lipinski definition) is 2. The third-order valence-corrected chi connectivity index (χ3v) is 4.59. The summed E-state index contributed by atoms with van der Waals surface area (Å²) in [6.07, 6.45) is 1.44. The summed E-state index contributed by atoms with van der Waals surface area (Å²) in [5.74, 6) is -0.250. The van der Waals surface area contributed by atoms with E-state index in [-0.39, 0.29) is 16.8 Å². The molecule has 3 N–H and O–H groups in total. The lowest BCUT2D eigenvalue weighted by Gasteiger charge is -2.04. The molecule has 1 atom stereocenters. The number of carbonyl (C=O) groups excluding carboxylic acids is 1. The maximum Gasteiger partial charge on any atom is 0.315 e. The average Bonchev–Trinajstić information content (AvgIpc) is 3.04. The van der Waals surface area contributed by atoms with Gasteiger partial charge in [-0.05, 0) is 48.5 Å². The number of nitrogens with one attached hydrogen (secondary N) is 3. The van der Waals surface area contributed by atoms with Gasteiger partial charge in [0.1, 0.15) is 0 Å². The van der Waals surface area contributed by atoms with Crippen molar-refractivity contribution >= 4 is 40.6 Å². The van der Waals surface area contributed by atoms with E-state index in [1.165, 1.54) is 30.1 Å². The molecule has 0 saturated carbocycles. The third kappa shape index (κ3) is 4.25.